The largest absolute Gasteiger partial charge is 0.378 e. The standard InChI is InChI=1S/C15H20ClFN2O2/c16-5-1-2-15(20)18-11-12-3-4-14(13(17)10-12)19-6-8-21-9-7-19/h3-4,10H,1-2,5-9,11H2,(H,18,20). The van der Waals surface area contributed by atoms with Crippen molar-refractivity contribution < 1.29 is 13.9 Å². The van der Waals surface area contributed by atoms with Gasteiger partial charge in [0.2, 0.25) is 5.91 Å². The predicted octanol–water partition coefficient (Wildman–Crippen LogP) is 2.30. The van der Waals surface area contributed by atoms with Crippen molar-refractivity contribution in [2.24, 2.45) is 0 Å². The van der Waals surface area contributed by atoms with Gasteiger partial charge in [0.1, 0.15) is 5.82 Å². The molecule has 0 aromatic heterocycles. The summed E-state index contributed by atoms with van der Waals surface area (Å²) >= 11 is 5.53. The third-order valence-electron chi connectivity index (χ3n) is 3.39. The minimum atomic E-state index is -0.260. The number of hydrogen-bond acceptors (Lipinski definition) is 3. The first-order valence-electron chi connectivity index (χ1n) is 7.14. The van der Waals surface area contributed by atoms with Crippen molar-refractivity contribution in [3.8, 4) is 0 Å². The van der Waals surface area contributed by atoms with Gasteiger partial charge in [-0.2, -0.15) is 0 Å². The van der Waals surface area contributed by atoms with Gasteiger partial charge in [0.15, 0.2) is 0 Å². The second kappa shape index (κ2) is 8.20. The molecule has 0 atom stereocenters. The lowest BCUT2D eigenvalue weighted by molar-refractivity contribution is -0.121. The fourth-order valence-electron chi connectivity index (χ4n) is 2.24. The zero-order valence-electron chi connectivity index (χ0n) is 11.9. The second-order valence-electron chi connectivity index (χ2n) is 4.95. The fourth-order valence-corrected chi connectivity index (χ4v) is 2.37. The highest BCUT2D eigenvalue weighted by molar-refractivity contribution is 6.17. The van der Waals surface area contributed by atoms with Gasteiger partial charge in [-0.1, -0.05) is 6.07 Å². The SMILES string of the molecule is O=C(CCCCl)NCc1ccc(N2CCOCC2)c(F)c1. The number of hydrogen-bond donors (Lipinski definition) is 1. The normalized spacial score (nSPS) is 15.0. The van der Waals surface area contributed by atoms with E-state index in [9.17, 15) is 9.18 Å². The van der Waals surface area contributed by atoms with Crippen LogP contribution in [0.1, 0.15) is 18.4 Å². The lowest BCUT2D eigenvalue weighted by Gasteiger charge is -2.29. The molecule has 0 spiro atoms. The molecule has 0 unspecified atom stereocenters. The number of nitrogens with zero attached hydrogens (tertiary/aromatic N) is 1. The van der Waals surface area contributed by atoms with E-state index in [0.29, 0.717) is 57.3 Å². The van der Waals surface area contributed by atoms with Crippen LogP contribution >= 0.6 is 11.6 Å². The molecule has 1 saturated heterocycles. The number of carbonyl (C=O) groups excluding carboxylic acids is 1. The Bertz CT molecular complexity index is 479. The van der Waals surface area contributed by atoms with E-state index in [1.807, 2.05) is 11.0 Å². The van der Waals surface area contributed by atoms with Gasteiger partial charge in [0, 0.05) is 31.9 Å². The number of alkyl halides is 1. The number of ether oxygens (including phenoxy) is 1. The van der Waals surface area contributed by atoms with Gasteiger partial charge in [-0.25, -0.2) is 4.39 Å². The number of amides is 1. The van der Waals surface area contributed by atoms with E-state index in [1.165, 1.54) is 6.07 Å². The predicted molar refractivity (Wildman–Crippen MR) is 81.2 cm³/mol. The number of benzene rings is 1. The van der Waals surface area contributed by atoms with E-state index >= 15 is 0 Å². The molecule has 1 N–H and O–H groups in total. The smallest absolute Gasteiger partial charge is 0.220 e. The van der Waals surface area contributed by atoms with Crippen LogP contribution in [-0.2, 0) is 16.1 Å². The lowest BCUT2D eigenvalue weighted by atomic mass is 10.1. The third-order valence-corrected chi connectivity index (χ3v) is 3.66. The maximum atomic E-state index is 14.1. The summed E-state index contributed by atoms with van der Waals surface area (Å²) in [5.74, 6) is 0.147. The van der Waals surface area contributed by atoms with Crippen LogP contribution in [0.4, 0.5) is 10.1 Å². The summed E-state index contributed by atoms with van der Waals surface area (Å²) in [5, 5.41) is 2.76. The van der Waals surface area contributed by atoms with E-state index in [4.69, 9.17) is 16.3 Å². The van der Waals surface area contributed by atoms with Crippen molar-refractivity contribution in [2.45, 2.75) is 19.4 Å². The van der Waals surface area contributed by atoms with Crippen LogP contribution < -0.4 is 10.2 Å². The molecule has 6 heteroatoms. The van der Waals surface area contributed by atoms with Crippen molar-refractivity contribution in [1.82, 2.24) is 5.32 Å². The summed E-state index contributed by atoms with van der Waals surface area (Å²) < 4.78 is 19.4. The Labute approximate surface area is 129 Å². The van der Waals surface area contributed by atoms with Gasteiger partial charge < -0.3 is 15.0 Å². The minimum absolute atomic E-state index is 0.0617. The molecule has 1 aromatic carbocycles. The second-order valence-corrected chi connectivity index (χ2v) is 5.33. The molecule has 1 amide bonds. The van der Waals surface area contributed by atoms with Crippen molar-refractivity contribution in [3.63, 3.8) is 0 Å². The van der Waals surface area contributed by atoms with Crippen molar-refractivity contribution in [3.05, 3.63) is 29.6 Å². The highest BCUT2D eigenvalue weighted by atomic mass is 35.5. The molecule has 0 bridgehead atoms. The molecule has 0 aliphatic carbocycles. The van der Waals surface area contributed by atoms with Gasteiger partial charge in [-0.15, -0.1) is 11.6 Å². The molecule has 0 saturated carbocycles. The molecule has 1 aromatic rings. The first kappa shape index (κ1) is 16.0. The first-order valence-corrected chi connectivity index (χ1v) is 7.68. The van der Waals surface area contributed by atoms with Gasteiger partial charge in [-0.05, 0) is 24.1 Å². The Morgan fingerprint density at radius 3 is 2.81 bits per heavy atom. The van der Waals surface area contributed by atoms with Gasteiger partial charge in [0.05, 0.1) is 18.9 Å². The Morgan fingerprint density at radius 2 is 2.14 bits per heavy atom. The summed E-state index contributed by atoms with van der Waals surface area (Å²) in [6.07, 6.45) is 1.05. The van der Waals surface area contributed by atoms with Crippen LogP contribution in [0.25, 0.3) is 0 Å². The number of halogens is 2. The summed E-state index contributed by atoms with van der Waals surface area (Å²) in [6.45, 7) is 2.98. The molecule has 1 aliphatic rings. The van der Waals surface area contributed by atoms with E-state index in [1.54, 1.807) is 6.07 Å². The zero-order valence-corrected chi connectivity index (χ0v) is 12.7. The van der Waals surface area contributed by atoms with Crippen molar-refractivity contribution in [1.29, 1.82) is 0 Å². The van der Waals surface area contributed by atoms with Crippen LogP contribution in [0.3, 0.4) is 0 Å². The Morgan fingerprint density at radius 1 is 1.38 bits per heavy atom. The fraction of sp³-hybridized carbons (Fsp3) is 0.533. The van der Waals surface area contributed by atoms with Crippen LogP contribution in [0.15, 0.2) is 18.2 Å². The van der Waals surface area contributed by atoms with Crippen molar-refractivity contribution in [2.75, 3.05) is 37.1 Å². The van der Waals surface area contributed by atoms with Crippen molar-refractivity contribution >= 4 is 23.2 Å². The third kappa shape index (κ3) is 4.86. The molecule has 1 heterocycles. The summed E-state index contributed by atoms with van der Waals surface area (Å²) in [6, 6.07) is 5.09. The Balaban J connectivity index is 1.90. The molecule has 0 radical (unpaired) electrons. The topological polar surface area (TPSA) is 41.6 Å². The molecule has 116 valence electrons. The van der Waals surface area contributed by atoms with E-state index in [0.717, 1.165) is 5.56 Å². The minimum Gasteiger partial charge on any atom is -0.378 e. The van der Waals surface area contributed by atoms with E-state index < -0.39 is 0 Å². The molecule has 4 nitrogen and oxygen atoms in total. The highest BCUT2D eigenvalue weighted by Crippen LogP contribution is 2.21. The number of morpholine rings is 1. The van der Waals surface area contributed by atoms with Gasteiger partial charge >= 0.3 is 0 Å². The summed E-state index contributed by atoms with van der Waals surface area (Å²) in [4.78, 5) is 13.5. The van der Waals surface area contributed by atoms with Gasteiger partial charge in [-0.3, -0.25) is 4.79 Å². The van der Waals surface area contributed by atoms with Gasteiger partial charge in [0.25, 0.3) is 0 Å². The van der Waals surface area contributed by atoms with Crippen LogP contribution in [0.2, 0.25) is 0 Å². The van der Waals surface area contributed by atoms with Crippen LogP contribution in [-0.4, -0.2) is 38.1 Å². The van der Waals surface area contributed by atoms with E-state index in [2.05, 4.69) is 5.32 Å². The molecular formula is C15H20ClFN2O2. The van der Waals surface area contributed by atoms with E-state index in [-0.39, 0.29) is 11.7 Å². The summed E-state index contributed by atoms with van der Waals surface area (Å²) in [5.41, 5.74) is 1.35. The summed E-state index contributed by atoms with van der Waals surface area (Å²) in [7, 11) is 0. The monoisotopic (exact) mass is 314 g/mol. The van der Waals surface area contributed by atoms with Crippen LogP contribution in [0, 0.1) is 5.82 Å². The lowest BCUT2D eigenvalue weighted by Crippen LogP contribution is -2.36. The highest BCUT2D eigenvalue weighted by Gasteiger charge is 2.15. The molecule has 21 heavy (non-hydrogen) atoms. The Kier molecular flexibility index (Phi) is 6.26. The Hall–Kier alpha value is -1.33. The number of nitrogens with one attached hydrogen (secondary N) is 1. The average Bonchev–Trinajstić information content (AvgIpc) is 2.52. The first-order chi connectivity index (χ1) is 10.2. The molecular weight excluding hydrogens is 295 g/mol. The molecule has 1 aliphatic heterocycles. The molecule has 1 fully saturated rings. The van der Waals surface area contributed by atoms with Crippen LogP contribution in [0.5, 0.6) is 0 Å². The quantitative estimate of drug-likeness (QED) is 0.819. The number of anilines is 1. The average molecular weight is 315 g/mol. The molecule has 2 rings (SSSR count). The maximum absolute atomic E-state index is 14.1. The number of carbonyl (C=O) groups is 1. The number of rotatable bonds is 6. The maximum Gasteiger partial charge on any atom is 0.220 e. The zero-order chi connectivity index (χ0) is 15.1.